The van der Waals surface area contributed by atoms with Crippen molar-refractivity contribution in [2.75, 3.05) is 27.2 Å². The van der Waals surface area contributed by atoms with Gasteiger partial charge in [0.15, 0.2) is 0 Å². The first kappa shape index (κ1) is 14.0. The van der Waals surface area contributed by atoms with Gasteiger partial charge in [0.25, 0.3) is 0 Å². The second kappa shape index (κ2) is 6.13. The molecule has 1 aromatic rings. The molecule has 0 radical (unpaired) electrons. The van der Waals surface area contributed by atoms with Crippen molar-refractivity contribution in [3.63, 3.8) is 0 Å². The number of likely N-dealkylation sites (tertiary alicyclic amines) is 1. The predicted octanol–water partition coefficient (Wildman–Crippen LogP) is 3.11. The normalized spacial score (nSPS) is 18.5. The molecule has 0 aromatic heterocycles. The Balaban J connectivity index is 1.98. The maximum absolute atomic E-state index is 13.5. The number of hydrogen-bond acceptors (Lipinski definition) is 2. The molecule has 0 bridgehead atoms. The topological polar surface area (TPSA) is 6.48 Å². The van der Waals surface area contributed by atoms with Gasteiger partial charge in [-0.2, -0.15) is 0 Å². The summed E-state index contributed by atoms with van der Waals surface area (Å²) in [5.41, 5.74) is 1.02. The molecule has 0 aliphatic carbocycles. The third-order valence-electron chi connectivity index (χ3n) is 3.76. The minimum Gasteiger partial charge on any atom is -0.306 e. The van der Waals surface area contributed by atoms with Gasteiger partial charge in [-0.15, -0.1) is 0 Å². The molecule has 0 saturated carbocycles. The van der Waals surface area contributed by atoms with Crippen LogP contribution in [0.3, 0.4) is 0 Å². The number of halogens is 2. The molecule has 0 atom stereocenters. The van der Waals surface area contributed by atoms with Gasteiger partial charge in [0, 0.05) is 12.6 Å². The quantitative estimate of drug-likeness (QED) is 0.846. The first-order valence-corrected chi connectivity index (χ1v) is 7.19. The zero-order valence-electron chi connectivity index (χ0n) is 11.0. The summed E-state index contributed by atoms with van der Waals surface area (Å²) in [5, 5.41) is 0. The van der Waals surface area contributed by atoms with E-state index in [2.05, 4.69) is 39.8 Å². The molecule has 2 rings (SSSR count). The average molecular weight is 315 g/mol. The van der Waals surface area contributed by atoms with Crippen LogP contribution in [0, 0.1) is 5.82 Å². The van der Waals surface area contributed by atoms with Crippen molar-refractivity contribution in [1.82, 2.24) is 9.80 Å². The van der Waals surface area contributed by atoms with E-state index in [0.717, 1.165) is 25.2 Å². The third-order valence-corrected chi connectivity index (χ3v) is 4.65. The molecule has 18 heavy (non-hydrogen) atoms. The highest BCUT2D eigenvalue weighted by molar-refractivity contribution is 9.10. The van der Waals surface area contributed by atoms with Crippen LogP contribution in [0.5, 0.6) is 0 Å². The molecule has 0 unspecified atom stereocenters. The molecule has 0 spiro atoms. The Bertz CT molecular complexity index is 403. The number of rotatable bonds is 3. The van der Waals surface area contributed by atoms with E-state index >= 15 is 0 Å². The smallest absolute Gasteiger partial charge is 0.137 e. The van der Waals surface area contributed by atoms with Crippen LogP contribution in [0.2, 0.25) is 0 Å². The SMILES string of the molecule is CN1CCC(N(C)Cc2cccc(F)c2Br)CC1. The molecular weight excluding hydrogens is 295 g/mol. The summed E-state index contributed by atoms with van der Waals surface area (Å²) in [6.07, 6.45) is 2.39. The van der Waals surface area contributed by atoms with Crippen LogP contribution in [0.1, 0.15) is 18.4 Å². The van der Waals surface area contributed by atoms with E-state index in [0.29, 0.717) is 10.5 Å². The molecule has 1 aromatic carbocycles. The van der Waals surface area contributed by atoms with Gasteiger partial charge < -0.3 is 4.90 Å². The highest BCUT2D eigenvalue weighted by Gasteiger charge is 2.21. The lowest BCUT2D eigenvalue weighted by Gasteiger charge is -2.35. The third kappa shape index (κ3) is 3.31. The van der Waals surface area contributed by atoms with Crippen molar-refractivity contribution in [2.45, 2.75) is 25.4 Å². The molecule has 4 heteroatoms. The summed E-state index contributed by atoms with van der Waals surface area (Å²) < 4.78 is 14.1. The molecule has 0 N–H and O–H groups in total. The van der Waals surface area contributed by atoms with Gasteiger partial charge in [0.2, 0.25) is 0 Å². The van der Waals surface area contributed by atoms with Gasteiger partial charge in [-0.05, 0) is 67.6 Å². The molecule has 2 nitrogen and oxygen atoms in total. The number of hydrogen-bond donors (Lipinski definition) is 0. The first-order chi connectivity index (χ1) is 8.58. The van der Waals surface area contributed by atoms with Crippen LogP contribution in [0.25, 0.3) is 0 Å². The summed E-state index contributed by atoms with van der Waals surface area (Å²) in [6, 6.07) is 5.86. The zero-order valence-corrected chi connectivity index (χ0v) is 12.6. The molecular formula is C14H20BrFN2. The van der Waals surface area contributed by atoms with Gasteiger partial charge in [-0.25, -0.2) is 4.39 Å². The molecule has 1 aliphatic heterocycles. The first-order valence-electron chi connectivity index (χ1n) is 6.39. The van der Waals surface area contributed by atoms with Crippen LogP contribution in [0.4, 0.5) is 4.39 Å². The fourth-order valence-electron chi connectivity index (χ4n) is 2.50. The monoisotopic (exact) mass is 314 g/mol. The van der Waals surface area contributed by atoms with Gasteiger partial charge in [-0.1, -0.05) is 12.1 Å². The Kier molecular flexibility index (Phi) is 4.76. The summed E-state index contributed by atoms with van der Waals surface area (Å²) in [7, 11) is 4.30. The molecule has 0 amide bonds. The molecule has 100 valence electrons. The van der Waals surface area contributed by atoms with Gasteiger partial charge in [0.1, 0.15) is 5.82 Å². The second-order valence-electron chi connectivity index (χ2n) is 5.16. The Morgan fingerprint density at radius 2 is 2.06 bits per heavy atom. The van der Waals surface area contributed by atoms with E-state index in [4.69, 9.17) is 0 Å². The van der Waals surface area contributed by atoms with Crippen molar-refractivity contribution in [3.8, 4) is 0 Å². The summed E-state index contributed by atoms with van der Waals surface area (Å²) in [4.78, 5) is 4.70. The number of benzene rings is 1. The van der Waals surface area contributed by atoms with Gasteiger partial charge >= 0.3 is 0 Å². The lowest BCUT2D eigenvalue weighted by atomic mass is 10.0. The van der Waals surface area contributed by atoms with Crippen LogP contribution in [-0.2, 0) is 6.54 Å². The standard InChI is InChI=1S/C14H20BrFN2/c1-17-8-6-12(7-9-17)18(2)10-11-4-3-5-13(16)14(11)15/h3-5,12H,6-10H2,1-2H3. The van der Waals surface area contributed by atoms with Crippen molar-refractivity contribution in [2.24, 2.45) is 0 Å². The summed E-state index contributed by atoms with van der Waals surface area (Å²) in [6.45, 7) is 3.10. The predicted molar refractivity (Wildman–Crippen MR) is 76.1 cm³/mol. The Hall–Kier alpha value is -0.450. The Morgan fingerprint density at radius 1 is 1.39 bits per heavy atom. The van der Waals surface area contributed by atoms with Crippen molar-refractivity contribution < 1.29 is 4.39 Å². The van der Waals surface area contributed by atoms with Gasteiger partial charge in [0.05, 0.1) is 4.47 Å². The fourth-order valence-corrected chi connectivity index (χ4v) is 2.89. The Labute approximate surface area is 117 Å². The summed E-state index contributed by atoms with van der Waals surface area (Å²) in [5.74, 6) is -0.177. The Morgan fingerprint density at radius 3 is 2.72 bits per heavy atom. The lowest BCUT2D eigenvalue weighted by Crippen LogP contribution is -2.41. The maximum Gasteiger partial charge on any atom is 0.137 e. The van der Waals surface area contributed by atoms with Crippen LogP contribution < -0.4 is 0 Å². The second-order valence-corrected chi connectivity index (χ2v) is 5.96. The minimum atomic E-state index is -0.177. The maximum atomic E-state index is 13.5. The van der Waals surface area contributed by atoms with E-state index < -0.39 is 0 Å². The van der Waals surface area contributed by atoms with Crippen LogP contribution in [-0.4, -0.2) is 43.0 Å². The number of piperidine rings is 1. The van der Waals surface area contributed by atoms with E-state index in [1.165, 1.54) is 18.9 Å². The largest absolute Gasteiger partial charge is 0.306 e. The van der Waals surface area contributed by atoms with Crippen molar-refractivity contribution >= 4 is 15.9 Å². The van der Waals surface area contributed by atoms with E-state index in [1.807, 2.05) is 6.07 Å². The van der Waals surface area contributed by atoms with Crippen LogP contribution in [0.15, 0.2) is 22.7 Å². The highest BCUT2D eigenvalue weighted by Crippen LogP contribution is 2.23. The molecule has 1 saturated heterocycles. The lowest BCUT2D eigenvalue weighted by molar-refractivity contribution is 0.139. The number of nitrogens with zero attached hydrogens (tertiary/aromatic N) is 2. The minimum absolute atomic E-state index is 0.177. The van der Waals surface area contributed by atoms with Crippen molar-refractivity contribution in [1.29, 1.82) is 0 Å². The van der Waals surface area contributed by atoms with E-state index in [1.54, 1.807) is 6.07 Å². The molecule has 1 heterocycles. The van der Waals surface area contributed by atoms with Gasteiger partial charge in [-0.3, -0.25) is 4.90 Å². The van der Waals surface area contributed by atoms with Crippen molar-refractivity contribution in [3.05, 3.63) is 34.1 Å². The average Bonchev–Trinajstić information content (AvgIpc) is 2.36. The molecule has 1 aliphatic rings. The van der Waals surface area contributed by atoms with E-state index in [-0.39, 0.29) is 5.82 Å². The summed E-state index contributed by atoms with van der Waals surface area (Å²) >= 11 is 3.33. The molecule has 1 fully saturated rings. The van der Waals surface area contributed by atoms with Crippen LogP contribution >= 0.6 is 15.9 Å². The highest BCUT2D eigenvalue weighted by atomic mass is 79.9. The zero-order chi connectivity index (χ0) is 13.1. The van der Waals surface area contributed by atoms with E-state index in [9.17, 15) is 4.39 Å². The fraction of sp³-hybridized carbons (Fsp3) is 0.571.